The summed E-state index contributed by atoms with van der Waals surface area (Å²) in [4.78, 5) is 23.1. The molecule has 0 aliphatic carbocycles. The molecule has 1 aliphatic rings. The Labute approximate surface area is 350 Å². The Balaban J connectivity index is 1.38. The number of rotatable bonds is 15. The number of hydrogen-bond donors (Lipinski definition) is 1. The molecular formula is C45H62N4O8Si2. The lowest BCUT2D eigenvalue weighted by molar-refractivity contribution is -0.0940. The normalized spacial score (nSPS) is 19.3. The first-order valence-corrected chi connectivity index (χ1v) is 26.1. The molecule has 1 N–H and O–H groups in total. The van der Waals surface area contributed by atoms with Crippen molar-refractivity contribution in [2.24, 2.45) is 0 Å². The number of methoxy groups -OCH3 is 2. The third-order valence-corrected chi connectivity index (χ3v) is 21.6. The Bertz CT molecular complexity index is 2180. The van der Waals surface area contributed by atoms with Crippen LogP contribution < -0.4 is 15.0 Å². The molecule has 0 bridgehead atoms. The standard InChI is InChI=1S/C45H62N4O8Si2/c1-43(2,3)58(9,10)55-27-26-48-29-47-40-37(41(48)51)46-30-49(40)42-39(57-59(11,12)44(4,5)6)38(50)36(56-42)28-54-45(31-16-14-13-15-17-31,32-18-22-34(52-7)23-19-32)33-20-24-35(53-8)25-21-33/h13-25,29-30,36,38-39,42,50H,26-28H2,1-12H3/t36-,38-,39-,42-/m1/s1. The lowest BCUT2D eigenvalue weighted by Gasteiger charge is -2.40. The lowest BCUT2D eigenvalue weighted by Crippen LogP contribution is -2.49. The van der Waals surface area contributed by atoms with E-state index in [1.807, 2.05) is 78.9 Å². The van der Waals surface area contributed by atoms with Gasteiger partial charge in [-0.1, -0.05) is 96.1 Å². The summed E-state index contributed by atoms with van der Waals surface area (Å²) < 4.78 is 41.7. The molecule has 1 aliphatic heterocycles. The second-order valence-electron chi connectivity index (χ2n) is 18.4. The van der Waals surface area contributed by atoms with Gasteiger partial charge < -0.3 is 32.9 Å². The van der Waals surface area contributed by atoms with E-state index in [1.54, 1.807) is 29.7 Å². The highest BCUT2D eigenvalue weighted by atomic mass is 28.4. The van der Waals surface area contributed by atoms with E-state index >= 15 is 0 Å². The molecule has 6 rings (SSSR count). The second kappa shape index (κ2) is 17.1. The summed E-state index contributed by atoms with van der Waals surface area (Å²) in [6, 6.07) is 25.6. The van der Waals surface area contributed by atoms with Crippen LogP contribution in [0.2, 0.25) is 36.3 Å². The Morgan fingerprint density at radius 1 is 0.746 bits per heavy atom. The van der Waals surface area contributed by atoms with E-state index in [9.17, 15) is 9.90 Å². The summed E-state index contributed by atoms with van der Waals surface area (Å²) in [6.45, 7) is 22.4. The molecule has 0 amide bonds. The summed E-state index contributed by atoms with van der Waals surface area (Å²) in [5.74, 6) is 1.42. The minimum absolute atomic E-state index is 0.0247. The van der Waals surface area contributed by atoms with Gasteiger partial charge in [0, 0.05) is 6.54 Å². The molecule has 0 spiro atoms. The van der Waals surface area contributed by atoms with E-state index in [0.29, 0.717) is 30.3 Å². The minimum atomic E-state index is -2.50. The van der Waals surface area contributed by atoms with Crippen LogP contribution in [0.5, 0.6) is 11.5 Å². The number of aliphatic hydroxyl groups excluding tert-OH is 1. The van der Waals surface area contributed by atoms with Crippen LogP contribution in [0.4, 0.5) is 0 Å². The van der Waals surface area contributed by atoms with E-state index < -0.39 is 46.8 Å². The SMILES string of the molecule is COc1ccc(C(OC[C@H]2O[C@@H](n3cnc4c(=O)n(CCO[Si](C)(C)C(C)(C)C)cnc43)[C@H](O[Si](C)(C)C(C)(C)C)[C@@H]2O)(c2ccccc2)c2ccc(OC)cc2)cc1. The monoisotopic (exact) mass is 842 g/mol. The summed E-state index contributed by atoms with van der Waals surface area (Å²) in [7, 11) is -1.23. The van der Waals surface area contributed by atoms with Crippen LogP contribution in [0, 0.1) is 0 Å². The molecule has 12 nitrogen and oxygen atoms in total. The number of imidazole rings is 1. The molecule has 5 aromatic rings. The quantitative estimate of drug-likeness (QED) is 0.0813. The maximum Gasteiger partial charge on any atom is 0.281 e. The number of aromatic nitrogens is 4. The van der Waals surface area contributed by atoms with Crippen molar-refractivity contribution in [1.29, 1.82) is 0 Å². The first kappa shape index (κ1) is 44.4. The minimum Gasteiger partial charge on any atom is -0.497 e. The van der Waals surface area contributed by atoms with Crippen LogP contribution in [0.25, 0.3) is 11.2 Å². The summed E-state index contributed by atoms with van der Waals surface area (Å²) in [6.07, 6.45) is -0.556. The van der Waals surface area contributed by atoms with Crippen LogP contribution in [-0.2, 0) is 30.5 Å². The Morgan fingerprint density at radius 2 is 1.29 bits per heavy atom. The zero-order valence-electron chi connectivity index (χ0n) is 36.7. The van der Waals surface area contributed by atoms with Gasteiger partial charge in [0.05, 0.1) is 33.8 Å². The number of aliphatic hydroxyl groups is 1. The second-order valence-corrected chi connectivity index (χ2v) is 28.0. The molecule has 1 fully saturated rings. The van der Waals surface area contributed by atoms with Gasteiger partial charge in [-0.15, -0.1) is 0 Å². The molecule has 3 heterocycles. The molecule has 14 heteroatoms. The molecule has 59 heavy (non-hydrogen) atoms. The highest BCUT2D eigenvalue weighted by molar-refractivity contribution is 6.74. The number of ether oxygens (including phenoxy) is 4. The predicted octanol–water partition coefficient (Wildman–Crippen LogP) is 8.29. The van der Waals surface area contributed by atoms with Crippen LogP contribution in [-0.4, -0.2) is 86.6 Å². The number of benzene rings is 3. The van der Waals surface area contributed by atoms with Gasteiger partial charge in [0.1, 0.15) is 41.7 Å². The summed E-state index contributed by atoms with van der Waals surface area (Å²) in [5.41, 5.74) is 1.70. The van der Waals surface area contributed by atoms with Crippen molar-refractivity contribution >= 4 is 27.8 Å². The van der Waals surface area contributed by atoms with Crippen LogP contribution >= 0.6 is 0 Å². The third-order valence-electron chi connectivity index (χ3n) is 12.6. The molecular weight excluding hydrogens is 781 g/mol. The zero-order valence-corrected chi connectivity index (χ0v) is 38.7. The number of hydrogen-bond acceptors (Lipinski definition) is 10. The smallest absolute Gasteiger partial charge is 0.281 e. The molecule has 4 atom stereocenters. The Morgan fingerprint density at radius 3 is 1.81 bits per heavy atom. The average molecular weight is 843 g/mol. The van der Waals surface area contributed by atoms with Gasteiger partial charge in [-0.25, -0.2) is 9.97 Å². The van der Waals surface area contributed by atoms with Crippen molar-refractivity contribution < 1.29 is 32.9 Å². The fraction of sp³-hybridized carbons (Fsp3) is 0.489. The van der Waals surface area contributed by atoms with E-state index in [1.165, 1.54) is 6.33 Å². The first-order valence-electron chi connectivity index (χ1n) is 20.3. The molecule has 0 unspecified atom stereocenters. The highest BCUT2D eigenvalue weighted by Crippen LogP contribution is 2.45. The van der Waals surface area contributed by atoms with Crippen LogP contribution in [0.1, 0.15) is 64.5 Å². The largest absolute Gasteiger partial charge is 0.497 e. The fourth-order valence-corrected chi connectivity index (χ4v) is 9.24. The van der Waals surface area contributed by atoms with E-state index in [4.69, 9.17) is 32.8 Å². The third kappa shape index (κ3) is 8.85. The van der Waals surface area contributed by atoms with Gasteiger partial charge in [0.25, 0.3) is 5.56 Å². The summed E-state index contributed by atoms with van der Waals surface area (Å²) >= 11 is 0. The van der Waals surface area contributed by atoms with Gasteiger partial charge in [-0.3, -0.25) is 13.9 Å². The lowest BCUT2D eigenvalue weighted by atomic mass is 9.80. The molecule has 0 radical (unpaired) electrons. The molecule has 318 valence electrons. The average Bonchev–Trinajstić information content (AvgIpc) is 3.76. The molecule has 3 aromatic carbocycles. The van der Waals surface area contributed by atoms with Crippen molar-refractivity contribution in [3.05, 3.63) is 119 Å². The zero-order chi connectivity index (χ0) is 43.0. The first-order chi connectivity index (χ1) is 27.7. The van der Waals surface area contributed by atoms with E-state index in [0.717, 1.165) is 16.7 Å². The predicted molar refractivity (Wildman–Crippen MR) is 235 cm³/mol. The number of nitrogens with zero attached hydrogens (tertiary/aromatic N) is 4. The van der Waals surface area contributed by atoms with Crippen molar-refractivity contribution in [3.63, 3.8) is 0 Å². The van der Waals surface area contributed by atoms with E-state index in [2.05, 4.69) is 72.7 Å². The van der Waals surface area contributed by atoms with Gasteiger partial charge >= 0.3 is 0 Å². The maximum absolute atomic E-state index is 13.8. The van der Waals surface area contributed by atoms with Gasteiger partial charge in [0.2, 0.25) is 0 Å². The van der Waals surface area contributed by atoms with Gasteiger partial charge in [-0.05, 0) is 77.2 Å². The van der Waals surface area contributed by atoms with Crippen molar-refractivity contribution in [1.82, 2.24) is 19.1 Å². The molecule has 0 saturated carbocycles. The van der Waals surface area contributed by atoms with Gasteiger partial charge in [-0.2, -0.15) is 0 Å². The molecule has 2 aromatic heterocycles. The molecule has 1 saturated heterocycles. The summed E-state index contributed by atoms with van der Waals surface area (Å²) in [5, 5.41) is 12.2. The Kier molecular flexibility index (Phi) is 12.8. The van der Waals surface area contributed by atoms with E-state index in [-0.39, 0.29) is 27.8 Å². The topological polar surface area (TPSA) is 128 Å². The Hall–Kier alpha value is -4.16. The van der Waals surface area contributed by atoms with Gasteiger partial charge in [0.15, 0.2) is 34.0 Å². The van der Waals surface area contributed by atoms with Crippen molar-refractivity contribution in [2.75, 3.05) is 27.4 Å². The fourth-order valence-electron chi connectivity index (χ4n) is 6.91. The van der Waals surface area contributed by atoms with Crippen molar-refractivity contribution in [3.8, 4) is 11.5 Å². The highest BCUT2D eigenvalue weighted by Gasteiger charge is 2.52. The maximum atomic E-state index is 13.8. The number of fused-ring (bicyclic) bond motifs is 1. The van der Waals surface area contributed by atoms with Crippen LogP contribution in [0.3, 0.4) is 0 Å². The van der Waals surface area contributed by atoms with Crippen LogP contribution in [0.15, 0.2) is 96.3 Å². The van der Waals surface area contributed by atoms with Crippen molar-refractivity contribution in [2.45, 2.75) is 114 Å².